The Morgan fingerprint density at radius 2 is 1.94 bits per heavy atom. The normalized spacial score (nSPS) is 20.1. The third kappa shape index (κ3) is 2.31. The monoisotopic (exact) mass is 219 g/mol. The Morgan fingerprint density at radius 1 is 1.25 bits per heavy atom. The van der Waals surface area contributed by atoms with Crippen LogP contribution in [0.3, 0.4) is 0 Å². The minimum Gasteiger partial charge on any atom is -0.399 e. The van der Waals surface area contributed by atoms with Crippen molar-refractivity contribution in [2.45, 2.75) is 12.5 Å². The molecule has 0 radical (unpaired) electrons. The summed E-state index contributed by atoms with van der Waals surface area (Å²) in [7, 11) is 0. The highest BCUT2D eigenvalue weighted by Gasteiger charge is 2.25. The fourth-order valence-electron chi connectivity index (χ4n) is 1.63. The SMILES string of the molecule is Nc1ccc(C[C@@H]2NC(=O)CNC2=O)cc1. The molecule has 1 saturated heterocycles. The van der Waals surface area contributed by atoms with Crippen LogP contribution in [-0.2, 0) is 16.0 Å². The number of rotatable bonds is 2. The van der Waals surface area contributed by atoms with E-state index in [2.05, 4.69) is 10.6 Å². The number of nitrogens with two attached hydrogens (primary N) is 1. The number of nitrogens with one attached hydrogen (secondary N) is 2. The zero-order valence-corrected chi connectivity index (χ0v) is 8.69. The van der Waals surface area contributed by atoms with Gasteiger partial charge in [0.1, 0.15) is 6.04 Å². The Hall–Kier alpha value is -2.04. The smallest absolute Gasteiger partial charge is 0.243 e. The van der Waals surface area contributed by atoms with Crippen LogP contribution in [0.2, 0.25) is 0 Å². The van der Waals surface area contributed by atoms with Crippen LogP contribution >= 0.6 is 0 Å². The van der Waals surface area contributed by atoms with E-state index in [0.29, 0.717) is 12.1 Å². The molecule has 1 aliphatic heterocycles. The van der Waals surface area contributed by atoms with Crippen LogP contribution < -0.4 is 16.4 Å². The summed E-state index contributed by atoms with van der Waals surface area (Å²) in [5.74, 6) is -0.295. The van der Waals surface area contributed by atoms with Crippen LogP contribution in [0, 0.1) is 0 Å². The number of hydrogen-bond donors (Lipinski definition) is 3. The Bertz CT molecular complexity index is 414. The molecule has 1 aliphatic rings. The number of carbonyl (C=O) groups excluding carboxylic acids is 2. The van der Waals surface area contributed by atoms with Gasteiger partial charge in [-0.05, 0) is 17.7 Å². The molecule has 0 spiro atoms. The minimum atomic E-state index is -0.482. The number of anilines is 1. The molecule has 1 heterocycles. The molecule has 16 heavy (non-hydrogen) atoms. The van der Waals surface area contributed by atoms with Gasteiger partial charge in [-0.1, -0.05) is 12.1 Å². The third-order valence-corrected chi connectivity index (χ3v) is 2.49. The molecular formula is C11H13N3O2. The lowest BCUT2D eigenvalue weighted by Crippen LogP contribution is -2.56. The first-order chi connectivity index (χ1) is 7.65. The first kappa shape index (κ1) is 10.5. The van der Waals surface area contributed by atoms with Crippen LogP contribution in [0.5, 0.6) is 0 Å². The van der Waals surface area contributed by atoms with Gasteiger partial charge >= 0.3 is 0 Å². The van der Waals surface area contributed by atoms with Crippen LogP contribution in [-0.4, -0.2) is 24.4 Å². The second-order valence-electron chi connectivity index (χ2n) is 3.78. The van der Waals surface area contributed by atoms with Gasteiger partial charge in [0, 0.05) is 12.1 Å². The summed E-state index contributed by atoms with van der Waals surface area (Å²) in [6, 6.07) is 6.77. The third-order valence-electron chi connectivity index (χ3n) is 2.49. The van der Waals surface area contributed by atoms with Crippen molar-refractivity contribution >= 4 is 17.5 Å². The van der Waals surface area contributed by atoms with E-state index in [9.17, 15) is 9.59 Å². The average Bonchev–Trinajstić information content (AvgIpc) is 2.27. The Labute approximate surface area is 93.0 Å². The van der Waals surface area contributed by atoms with Crippen molar-refractivity contribution in [2.24, 2.45) is 0 Å². The number of nitrogen functional groups attached to an aromatic ring is 1. The molecule has 1 fully saturated rings. The molecule has 4 N–H and O–H groups in total. The Balaban J connectivity index is 2.05. The summed E-state index contributed by atoms with van der Waals surface area (Å²) in [6.07, 6.45) is 0.484. The van der Waals surface area contributed by atoms with Gasteiger partial charge in [0.15, 0.2) is 0 Å². The van der Waals surface area contributed by atoms with E-state index >= 15 is 0 Å². The maximum atomic E-state index is 11.5. The number of carbonyl (C=O) groups is 2. The van der Waals surface area contributed by atoms with Gasteiger partial charge in [-0.15, -0.1) is 0 Å². The molecule has 1 aromatic carbocycles. The first-order valence-electron chi connectivity index (χ1n) is 5.06. The molecule has 1 atom stereocenters. The van der Waals surface area contributed by atoms with Gasteiger partial charge < -0.3 is 16.4 Å². The molecule has 2 amide bonds. The van der Waals surface area contributed by atoms with E-state index in [-0.39, 0.29) is 18.4 Å². The molecular weight excluding hydrogens is 206 g/mol. The van der Waals surface area contributed by atoms with Crippen molar-refractivity contribution in [1.82, 2.24) is 10.6 Å². The fourth-order valence-corrected chi connectivity index (χ4v) is 1.63. The summed E-state index contributed by atoms with van der Waals surface area (Å²) in [5, 5.41) is 5.18. The summed E-state index contributed by atoms with van der Waals surface area (Å²) < 4.78 is 0. The number of benzene rings is 1. The maximum Gasteiger partial charge on any atom is 0.243 e. The zero-order valence-electron chi connectivity index (χ0n) is 8.69. The lowest BCUT2D eigenvalue weighted by atomic mass is 10.0. The van der Waals surface area contributed by atoms with Gasteiger partial charge in [-0.3, -0.25) is 9.59 Å². The molecule has 5 heteroatoms. The minimum absolute atomic E-state index is 0.0665. The maximum absolute atomic E-state index is 11.5. The van der Waals surface area contributed by atoms with Crippen molar-refractivity contribution in [3.8, 4) is 0 Å². The topological polar surface area (TPSA) is 84.2 Å². The molecule has 0 aromatic heterocycles. The molecule has 0 unspecified atom stereocenters. The van der Waals surface area contributed by atoms with E-state index < -0.39 is 6.04 Å². The Morgan fingerprint density at radius 3 is 2.62 bits per heavy atom. The van der Waals surface area contributed by atoms with E-state index in [1.807, 2.05) is 12.1 Å². The number of piperazine rings is 1. The van der Waals surface area contributed by atoms with Crippen molar-refractivity contribution < 1.29 is 9.59 Å². The van der Waals surface area contributed by atoms with Crippen LogP contribution in [0.15, 0.2) is 24.3 Å². The molecule has 0 bridgehead atoms. The van der Waals surface area contributed by atoms with Gasteiger partial charge in [0.05, 0.1) is 6.54 Å². The van der Waals surface area contributed by atoms with Crippen LogP contribution in [0.1, 0.15) is 5.56 Å². The highest BCUT2D eigenvalue weighted by Crippen LogP contribution is 2.08. The highest BCUT2D eigenvalue weighted by molar-refractivity contribution is 5.94. The second kappa shape index (κ2) is 4.22. The lowest BCUT2D eigenvalue weighted by molar-refractivity contribution is -0.133. The molecule has 2 rings (SSSR count). The Kier molecular flexibility index (Phi) is 2.76. The van der Waals surface area contributed by atoms with Gasteiger partial charge in [0.2, 0.25) is 11.8 Å². The van der Waals surface area contributed by atoms with Gasteiger partial charge in [-0.25, -0.2) is 0 Å². The zero-order chi connectivity index (χ0) is 11.5. The van der Waals surface area contributed by atoms with Crippen molar-refractivity contribution in [3.63, 3.8) is 0 Å². The van der Waals surface area contributed by atoms with E-state index in [0.717, 1.165) is 5.56 Å². The summed E-state index contributed by atoms with van der Waals surface area (Å²) in [5.41, 5.74) is 7.21. The lowest BCUT2D eigenvalue weighted by Gasteiger charge is -2.23. The fraction of sp³-hybridized carbons (Fsp3) is 0.273. The standard InChI is InChI=1S/C11H13N3O2/c12-8-3-1-7(2-4-8)5-9-11(16)13-6-10(15)14-9/h1-4,9H,5-6,12H2,(H,13,16)(H,14,15)/t9-/m0/s1. The average molecular weight is 219 g/mol. The summed E-state index contributed by atoms with van der Waals surface area (Å²) in [6.45, 7) is 0.0665. The van der Waals surface area contributed by atoms with Crippen molar-refractivity contribution in [3.05, 3.63) is 29.8 Å². The van der Waals surface area contributed by atoms with Crippen molar-refractivity contribution in [2.75, 3.05) is 12.3 Å². The van der Waals surface area contributed by atoms with Crippen LogP contribution in [0.25, 0.3) is 0 Å². The second-order valence-corrected chi connectivity index (χ2v) is 3.78. The van der Waals surface area contributed by atoms with Crippen LogP contribution in [0.4, 0.5) is 5.69 Å². The quantitative estimate of drug-likeness (QED) is 0.582. The molecule has 0 aliphatic carbocycles. The van der Waals surface area contributed by atoms with E-state index in [4.69, 9.17) is 5.73 Å². The largest absolute Gasteiger partial charge is 0.399 e. The van der Waals surface area contributed by atoms with E-state index in [1.165, 1.54) is 0 Å². The molecule has 84 valence electrons. The highest BCUT2D eigenvalue weighted by atomic mass is 16.2. The summed E-state index contributed by atoms with van der Waals surface area (Å²) >= 11 is 0. The first-order valence-corrected chi connectivity index (χ1v) is 5.06. The predicted molar refractivity (Wildman–Crippen MR) is 59.5 cm³/mol. The van der Waals surface area contributed by atoms with E-state index in [1.54, 1.807) is 12.1 Å². The van der Waals surface area contributed by atoms with Gasteiger partial charge in [0.25, 0.3) is 0 Å². The number of amides is 2. The molecule has 5 nitrogen and oxygen atoms in total. The molecule has 1 aromatic rings. The van der Waals surface area contributed by atoms with Gasteiger partial charge in [-0.2, -0.15) is 0 Å². The summed E-state index contributed by atoms with van der Waals surface area (Å²) in [4.78, 5) is 22.6. The van der Waals surface area contributed by atoms with Crippen molar-refractivity contribution in [1.29, 1.82) is 0 Å². The predicted octanol–water partition coefficient (Wildman–Crippen LogP) is -0.574. The number of hydrogen-bond acceptors (Lipinski definition) is 3. The molecule has 0 saturated carbocycles.